The Bertz CT molecular complexity index is 368. The average Bonchev–Trinajstić information content (AvgIpc) is 2.38. The minimum Gasteiger partial charge on any atom is -0.383 e. The summed E-state index contributed by atoms with van der Waals surface area (Å²) in [6, 6.07) is 6.36. The molecular formula is C16H26ClNO. The molecule has 0 radical (unpaired) electrons. The average molecular weight is 284 g/mol. The Balaban J connectivity index is 2.51. The van der Waals surface area contributed by atoms with Crippen LogP contribution in [0.3, 0.4) is 0 Å². The van der Waals surface area contributed by atoms with Gasteiger partial charge in [0.1, 0.15) is 0 Å². The maximum Gasteiger partial charge on any atom is 0.0587 e. The second kappa shape index (κ2) is 9.35. The van der Waals surface area contributed by atoms with Crippen molar-refractivity contribution in [3.8, 4) is 0 Å². The topological polar surface area (TPSA) is 21.3 Å². The fraction of sp³-hybridized carbons (Fsp3) is 0.625. The molecule has 1 aromatic rings. The number of nitrogens with one attached hydrogen (secondary N) is 1. The van der Waals surface area contributed by atoms with Crippen molar-refractivity contribution in [2.75, 3.05) is 26.8 Å². The van der Waals surface area contributed by atoms with Crippen LogP contribution in [-0.4, -0.2) is 26.8 Å². The first-order valence-electron chi connectivity index (χ1n) is 7.12. The molecule has 1 unspecified atom stereocenters. The van der Waals surface area contributed by atoms with E-state index in [9.17, 15) is 0 Å². The van der Waals surface area contributed by atoms with E-state index >= 15 is 0 Å². The summed E-state index contributed by atoms with van der Waals surface area (Å²) in [6.07, 6.45) is 3.48. The summed E-state index contributed by atoms with van der Waals surface area (Å²) < 4.78 is 5.05. The molecule has 3 heteroatoms. The van der Waals surface area contributed by atoms with Gasteiger partial charge >= 0.3 is 0 Å². The smallest absolute Gasteiger partial charge is 0.0587 e. The zero-order valence-corrected chi connectivity index (χ0v) is 13.1. The van der Waals surface area contributed by atoms with Crippen LogP contribution in [0.1, 0.15) is 30.9 Å². The van der Waals surface area contributed by atoms with Crippen molar-refractivity contribution in [2.45, 2.75) is 33.1 Å². The van der Waals surface area contributed by atoms with Crippen LogP contribution in [0.15, 0.2) is 18.2 Å². The normalized spacial score (nSPS) is 12.6. The number of benzene rings is 1. The van der Waals surface area contributed by atoms with Crippen LogP contribution < -0.4 is 5.32 Å². The molecule has 0 fully saturated rings. The van der Waals surface area contributed by atoms with Gasteiger partial charge in [-0.3, -0.25) is 0 Å². The predicted molar refractivity (Wildman–Crippen MR) is 83.0 cm³/mol. The van der Waals surface area contributed by atoms with Crippen molar-refractivity contribution in [1.29, 1.82) is 0 Å². The van der Waals surface area contributed by atoms with Crippen LogP contribution in [0.2, 0.25) is 5.02 Å². The third-order valence-corrected chi connectivity index (χ3v) is 3.68. The summed E-state index contributed by atoms with van der Waals surface area (Å²) in [7, 11) is 1.73. The molecule has 19 heavy (non-hydrogen) atoms. The second-order valence-corrected chi connectivity index (χ2v) is 5.56. The maximum absolute atomic E-state index is 6.32. The first kappa shape index (κ1) is 16.5. The van der Waals surface area contributed by atoms with Gasteiger partial charge in [-0.05, 0) is 49.4 Å². The summed E-state index contributed by atoms with van der Waals surface area (Å²) >= 11 is 6.32. The molecule has 0 aliphatic rings. The van der Waals surface area contributed by atoms with Crippen LogP contribution in [0.4, 0.5) is 0 Å². The van der Waals surface area contributed by atoms with Crippen molar-refractivity contribution in [3.05, 3.63) is 34.3 Å². The molecule has 108 valence electrons. The Hall–Kier alpha value is -0.570. The molecule has 0 saturated carbocycles. The molecule has 0 bridgehead atoms. The van der Waals surface area contributed by atoms with Gasteiger partial charge in [0, 0.05) is 18.7 Å². The lowest BCUT2D eigenvalue weighted by Crippen LogP contribution is -2.27. The van der Waals surface area contributed by atoms with E-state index in [-0.39, 0.29) is 0 Å². The molecule has 0 aliphatic carbocycles. The SMILES string of the molecule is CCCC(CNCCOC)Cc1ccc(C)cc1Cl. The van der Waals surface area contributed by atoms with E-state index in [1.807, 2.05) is 0 Å². The van der Waals surface area contributed by atoms with E-state index in [4.69, 9.17) is 16.3 Å². The summed E-state index contributed by atoms with van der Waals surface area (Å²) in [5.41, 5.74) is 2.48. The molecule has 0 heterocycles. The molecular weight excluding hydrogens is 258 g/mol. The number of methoxy groups -OCH3 is 1. The quantitative estimate of drug-likeness (QED) is 0.695. The molecule has 0 spiro atoms. The summed E-state index contributed by atoms with van der Waals surface area (Å²) in [6.45, 7) is 7.02. The highest BCUT2D eigenvalue weighted by Crippen LogP contribution is 2.22. The number of halogens is 1. The van der Waals surface area contributed by atoms with Crippen LogP contribution in [0.25, 0.3) is 0 Å². The fourth-order valence-electron chi connectivity index (χ4n) is 2.29. The minimum atomic E-state index is 0.641. The molecule has 1 atom stereocenters. The van der Waals surface area contributed by atoms with Gasteiger partial charge in [0.25, 0.3) is 0 Å². The van der Waals surface area contributed by atoms with E-state index in [1.54, 1.807) is 7.11 Å². The monoisotopic (exact) mass is 283 g/mol. The molecule has 1 N–H and O–H groups in total. The molecule has 0 amide bonds. The molecule has 0 aliphatic heterocycles. The minimum absolute atomic E-state index is 0.641. The highest BCUT2D eigenvalue weighted by atomic mass is 35.5. The molecule has 1 rings (SSSR count). The number of hydrogen-bond acceptors (Lipinski definition) is 2. The Morgan fingerprint density at radius 3 is 2.79 bits per heavy atom. The van der Waals surface area contributed by atoms with Crippen LogP contribution in [0.5, 0.6) is 0 Å². The van der Waals surface area contributed by atoms with Crippen LogP contribution in [0, 0.1) is 12.8 Å². The highest BCUT2D eigenvalue weighted by molar-refractivity contribution is 6.31. The van der Waals surface area contributed by atoms with Gasteiger partial charge in [0.15, 0.2) is 0 Å². The van der Waals surface area contributed by atoms with Crippen molar-refractivity contribution in [2.24, 2.45) is 5.92 Å². The Morgan fingerprint density at radius 1 is 1.37 bits per heavy atom. The highest BCUT2D eigenvalue weighted by Gasteiger charge is 2.11. The fourth-order valence-corrected chi connectivity index (χ4v) is 2.61. The number of ether oxygens (including phenoxy) is 1. The van der Waals surface area contributed by atoms with E-state index in [1.165, 1.54) is 24.0 Å². The standard InChI is InChI=1S/C16H26ClNO/c1-4-5-14(12-18-8-9-19-3)11-15-7-6-13(2)10-16(15)17/h6-7,10,14,18H,4-5,8-9,11-12H2,1-3H3. The van der Waals surface area contributed by atoms with Gasteiger partial charge in [0.2, 0.25) is 0 Å². The van der Waals surface area contributed by atoms with Gasteiger partial charge in [0.05, 0.1) is 6.61 Å². The number of aryl methyl sites for hydroxylation is 1. The third-order valence-electron chi connectivity index (χ3n) is 3.33. The Kier molecular flexibility index (Phi) is 8.11. The lowest BCUT2D eigenvalue weighted by atomic mass is 9.94. The molecule has 2 nitrogen and oxygen atoms in total. The van der Waals surface area contributed by atoms with Gasteiger partial charge < -0.3 is 10.1 Å². The zero-order chi connectivity index (χ0) is 14.1. The van der Waals surface area contributed by atoms with Crippen molar-refractivity contribution in [1.82, 2.24) is 5.32 Å². The third kappa shape index (κ3) is 6.42. The lowest BCUT2D eigenvalue weighted by molar-refractivity contribution is 0.197. The van der Waals surface area contributed by atoms with E-state index in [2.05, 4.69) is 37.4 Å². The Morgan fingerprint density at radius 2 is 2.16 bits per heavy atom. The van der Waals surface area contributed by atoms with E-state index in [0.29, 0.717) is 5.92 Å². The van der Waals surface area contributed by atoms with E-state index < -0.39 is 0 Å². The zero-order valence-electron chi connectivity index (χ0n) is 12.3. The van der Waals surface area contributed by atoms with Crippen molar-refractivity contribution in [3.63, 3.8) is 0 Å². The summed E-state index contributed by atoms with van der Waals surface area (Å²) in [5.74, 6) is 0.641. The molecule has 0 aromatic heterocycles. The summed E-state index contributed by atoms with van der Waals surface area (Å²) in [4.78, 5) is 0. The van der Waals surface area contributed by atoms with Gasteiger partial charge in [-0.2, -0.15) is 0 Å². The first-order valence-corrected chi connectivity index (χ1v) is 7.49. The van der Waals surface area contributed by atoms with Gasteiger partial charge in [-0.25, -0.2) is 0 Å². The number of rotatable bonds is 9. The van der Waals surface area contributed by atoms with Crippen LogP contribution >= 0.6 is 11.6 Å². The van der Waals surface area contributed by atoms with Crippen molar-refractivity contribution >= 4 is 11.6 Å². The predicted octanol–water partition coefficient (Wildman–Crippen LogP) is 3.84. The van der Waals surface area contributed by atoms with Gasteiger partial charge in [-0.1, -0.05) is 37.1 Å². The molecule has 1 aromatic carbocycles. The molecule has 0 saturated heterocycles. The van der Waals surface area contributed by atoms with Gasteiger partial charge in [-0.15, -0.1) is 0 Å². The number of hydrogen-bond donors (Lipinski definition) is 1. The van der Waals surface area contributed by atoms with E-state index in [0.717, 1.165) is 31.1 Å². The second-order valence-electron chi connectivity index (χ2n) is 5.15. The van der Waals surface area contributed by atoms with Crippen LogP contribution in [-0.2, 0) is 11.2 Å². The van der Waals surface area contributed by atoms with Crippen molar-refractivity contribution < 1.29 is 4.74 Å². The summed E-state index contributed by atoms with van der Waals surface area (Å²) in [5, 5.41) is 4.36. The first-order chi connectivity index (χ1) is 9.17. The Labute approximate surface area is 122 Å². The maximum atomic E-state index is 6.32. The lowest BCUT2D eigenvalue weighted by Gasteiger charge is -2.18. The largest absolute Gasteiger partial charge is 0.383 e.